The number of hydrogen-bond acceptors (Lipinski definition) is 3. The van der Waals surface area contributed by atoms with E-state index in [2.05, 4.69) is 26.1 Å². The van der Waals surface area contributed by atoms with E-state index < -0.39 is 14.6 Å². The van der Waals surface area contributed by atoms with E-state index in [0.717, 1.165) is 13.0 Å². The van der Waals surface area contributed by atoms with E-state index in [0.29, 0.717) is 17.6 Å². The van der Waals surface area contributed by atoms with Crippen LogP contribution in [0.25, 0.3) is 0 Å². The molecule has 1 aliphatic carbocycles. The molecule has 3 nitrogen and oxygen atoms in total. The standard InChI is InChI=1S/C16H33NO2S/c1-15(2,3)17-12-14-9-7-8-13(14)10-11-20(18,19)16(4,5)6/h13-14,17H,7-12H2,1-6H3. The SMILES string of the molecule is CC(C)(C)NCC1CCCC1CCS(=O)(=O)C(C)(C)C. The van der Waals surface area contributed by atoms with E-state index in [1.807, 2.05) is 0 Å². The molecule has 0 aromatic carbocycles. The zero-order valence-corrected chi connectivity index (χ0v) is 14.9. The highest BCUT2D eigenvalue weighted by molar-refractivity contribution is 7.92. The average Bonchev–Trinajstić information content (AvgIpc) is 2.68. The van der Waals surface area contributed by atoms with Crippen LogP contribution in [0.4, 0.5) is 0 Å². The fraction of sp³-hybridized carbons (Fsp3) is 1.00. The Kier molecular flexibility index (Phi) is 5.70. The van der Waals surface area contributed by atoms with Crippen molar-refractivity contribution >= 4 is 9.84 Å². The van der Waals surface area contributed by atoms with Crippen molar-refractivity contribution in [2.45, 2.75) is 77.5 Å². The van der Waals surface area contributed by atoms with Crippen molar-refractivity contribution < 1.29 is 8.42 Å². The van der Waals surface area contributed by atoms with Gasteiger partial charge < -0.3 is 5.32 Å². The molecule has 1 fully saturated rings. The summed E-state index contributed by atoms with van der Waals surface area (Å²) in [6.45, 7) is 13.0. The summed E-state index contributed by atoms with van der Waals surface area (Å²) in [5.41, 5.74) is 0.143. The first-order valence-electron chi connectivity index (χ1n) is 7.90. The van der Waals surface area contributed by atoms with E-state index in [9.17, 15) is 8.42 Å². The fourth-order valence-electron chi connectivity index (χ4n) is 2.81. The zero-order chi connectivity index (χ0) is 15.6. The van der Waals surface area contributed by atoms with Gasteiger partial charge in [0.25, 0.3) is 0 Å². The van der Waals surface area contributed by atoms with Crippen LogP contribution in [0.15, 0.2) is 0 Å². The second kappa shape index (κ2) is 6.35. The van der Waals surface area contributed by atoms with Crippen molar-refractivity contribution in [3.05, 3.63) is 0 Å². The van der Waals surface area contributed by atoms with Crippen LogP contribution in [0.3, 0.4) is 0 Å². The maximum atomic E-state index is 12.2. The Hall–Kier alpha value is -0.0900. The van der Waals surface area contributed by atoms with Gasteiger partial charge in [-0.1, -0.05) is 12.8 Å². The first kappa shape index (κ1) is 18.0. The van der Waals surface area contributed by atoms with Crippen LogP contribution in [-0.4, -0.2) is 31.0 Å². The van der Waals surface area contributed by atoms with Crippen molar-refractivity contribution in [3.63, 3.8) is 0 Å². The van der Waals surface area contributed by atoms with Crippen molar-refractivity contribution in [1.29, 1.82) is 0 Å². The van der Waals surface area contributed by atoms with E-state index in [-0.39, 0.29) is 5.54 Å². The maximum Gasteiger partial charge on any atom is 0.155 e. The lowest BCUT2D eigenvalue weighted by atomic mass is 9.92. The summed E-state index contributed by atoms with van der Waals surface area (Å²) in [6.07, 6.45) is 4.51. The van der Waals surface area contributed by atoms with E-state index >= 15 is 0 Å². The molecule has 1 rings (SSSR count). The van der Waals surface area contributed by atoms with Crippen LogP contribution in [0.2, 0.25) is 0 Å². The highest BCUT2D eigenvalue weighted by Gasteiger charge is 2.33. The Morgan fingerprint density at radius 1 is 1.00 bits per heavy atom. The minimum atomic E-state index is -2.97. The molecular formula is C16H33NO2S. The van der Waals surface area contributed by atoms with E-state index in [1.54, 1.807) is 20.8 Å². The highest BCUT2D eigenvalue weighted by atomic mass is 32.2. The third-order valence-corrected chi connectivity index (χ3v) is 7.04. The van der Waals surface area contributed by atoms with Crippen molar-refractivity contribution in [1.82, 2.24) is 5.32 Å². The van der Waals surface area contributed by atoms with Gasteiger partial charge >= 0.3 is 0 Å². The molecule has 20 heavy (non-hydrogen) atoms. The molecule has 1 aliphatic rings. The van der Waals surface area contributed by atoms with Gasteiger partial charge in [0.1, 0.15) is 0 Å². The molecular weight excluding hydrogens is 270 g/mol. The van der Waals surface area contributed by atoms with Gasteiger partial charge in [0, 0.05) is 5.54 Å². The molecule has 120 valence electrons. The molecule has 2 unspecified atom stereocenters. The second-order valence-corrected chi connectivity index (χ2v) is 11.2. The van der Waals surface area contributed by atoms with Gasteiger partial charge in [-0.25, -0.2) is 8.42 Å². The van der Waals surface area contributed by atoms with Crippen LogP contribution < -0.4 is 5.32 Å². The van der Waals surface area contributed by atoms with Crippen molar-refractivity contribution in [3.8, 4) is 0 Å². The Balaban J connectivity index is 2.51. The number of hydrogen-bond donors (Lipinski definition) is 1. The van der Waals surface area contributed by atoms with Gasteiger partial charge in [-0.2, -0.15) is 0 Å². The maximum absolute atomic E-state index is 12.2. The van der Waals surface area contributed by atoms with Crippen molar-refractivity contribution in [2.75, 3.05) is 12.3 Å². The third-order valence-electron chi connectivity index (χ3n) is 4.40. The molecule has 0 spiro atoms. The molecule has 2 atom stereocenters. The normalized spacial score (nSPS) is 25.1. The lowest BCUT2D eigenvalue weighted by molar-refractivity contribution is 0.313. The van der Waals surface area contributed by atoms with Gasteiger partial charge in [-0.3, -0.25) is 0 Å². The number of sulfone groups is 1. The number of nitrogens with one attached hydrogen (secondary N) is 1. The molecule has 1 N–H and O–H groups in total. The molecule has 0 aromatic rings. The van der Waals surface area contributed by atoms with Gasteiger partial charge in [-0.05, 0) is 72.8 Å². The van der Waals surface area contributed by atoms with E-state index in [1.165, 1.54) is 19.3 Å². The Bertz CT molecular complexity index is 401. The van der Waals surface area contributed by atoms with Crippen LogP contribution in [-0.2, 0) is 9.84 Å². The average molecular weight is 304 g/mol. The quantitative estimate of drug-likeness (QED) is 0.847. The van der Waals surface area contributed by atoms with Gasteiger partial charge in [0.15, 0.2) is 9.84 Å². The zero-order valence-electron chi connectivity index (χ0n) is 14.1. The molecule has 0 radical (unpaired) electrons. The number of rotatable bonds is 5. The largest absolute Gasteiger partial charge is 0.312 e. The molecule has 4 heteroatoms. The van der Waals surface area contributed by atoms with Gasteiger partial charge in [-0.15, -0.1) is 0 Å². The summed E-state index contributed by atoms with van der Waals surface area (Å²) in [6, 6.07) is 0. The molecule has 0 aromatic heterocycles. The van der Waals surface area contributed by atoms with Gasteiger partial charge in [0.2, 0.25) is 0 Å². The fourth-order valence-corrected chi connectivity index (χ4v) is 4.04. The van der Waals surface area contributed by atoms with Crippen LogP contribution in [0.1, 0.15) is 67.2 Å². The first-order chi connectivity index (χ1) is 8.92. The predicted octanol–water partition coefficient (Wildman–Crippen LogP) is 3.39. The van der Waals surface area contributed by atoms with Crippen LogP contribution >= 0.6 is 0 Å². The Labute approximate surface area is 125 Å². The second-order valence-electron chi connectivity index (χ2n) is 8.30. The summed E-state index contributed by atoms with van der Waals surface area (Å²) < 4.78 is 23.8. The van der Waals surface area contributed by atoms with Gasteiger partial charge in [0.05, 0.1) is 10.5 Å². The predicted molar refractivity (Wildman–Crippen MR) is 86.7 cm³/mol. The van der Waals surface area contributed by atoms with Crippen molar-refractivity contribution in [2.24, 2.45) is 11.8 Å². The molecule has 0 saturated heterocycles. The summed E-state index contributed by atoms with van der Waals surface area (Å²) >= 11 is 0. The topological polar surface area (TPSA) is 46.2 Å². The minimum absolute atomic E-state index is 0.143. The first-order valence-corrected chi connectivity index (χ1v) is 9.55. The third kappa shape index (κ3) is 5.36. The Morgan fingerprint density at radius 2 is 1.55 bits per heavy atom. The lowest BCUT2D eigenvalue weighted by Crippen LogP contribution is -2.40. The molecule has 0 heterocycles. The molecule has 0 amide bonds. The summed E-state index contributed by atoms with van der Waals surface area (Å²) in [5.74, 6) is 1.55. The summed E-state index contributed by atoms with van der Waals surface area (Å²) in [4.78, 5) is 0. The lowest BCUT2D eigenvalue weighted by Gasteiger charge is -2.27. The molecule has 0 bridgehead atoms. The van der Waals surface area contributed by atoms with Crippen LogP contribution in [0, 0.1) is 11.8 Å². The van der Waals surface area contributed by atoms with E-state index in [4.69, 9.17) is 0 Å². The molecule has 0 aliphatic heterocycles. The smallest absolute Gasteiger partial charge is 0.155 e. The summed E-state index contributed by atoms with van der Waals surface area (Å²) in [5, 5.41) is 3.57. The van der Waals surface area contributed by atoms with Crippen LogP contribution in [0.5, 0.6) is 0 Å². The Morgan fingerprint density at radius 3 is 2.05 bits per heavy atom. The molecule has 1 saturated carbocycles. The highest BCUT2D eigenvalue weighted by Crippen LogP contribution is 2.35. The monoisotopic (exact) mass is 303 g/mol. The summed E-state index contributed by atoms with van der Waals surface area (Å²) in [7, 11) is -2.97. The minimum Gasteiger partial charge on any atom is -0.312 e.